The number of para-hydroxylation sites is 1. The molecule has 3 rings (SSSR count). The van der Waals surface area contributed by atoms with Crippen LogP contribution in [0.15, 0.2) is 70.7 Å². The fourth-order valence-corrected chi connectivity index (χ4v) is 3.10. The van der Waals surface area contributed by atoms with Gasteiger partial charge in [-0.25, -0.2) is 4.68 Å². The number of aromatic nitrogens is 4. The Morgan fingerprint density at radius 2 is 1.89 bits per heavy atom. The predicted molar refractivity (Wildman–Crippen MR) is 99.0 cm³/mol. The van der Waals surface area contributed by atoms with E-state index in [0.29, 0.717) is 5.69 Å². The number of nitrogens with zero attached hydrogens (tertiary/aromatic N) is 4. The Bertz CT molecular complexity index is 902. The van der Waals surface area contributed by atoms with Crippen molar-refractivity contribution in [3.8, 4) is 0 Å². The number of hydrogen-bond donors (Lipinski definition) is 1. The predicted octanol–water partition coefficient (Wildman–Crippen LogP) is 2.39. The average Bonchev–Trinajstić information content (AvgIpc) is 3.17. The van der Waals surface area contributed by atoms with E-state index in [9.17, 15) is 9.59 Å². The molecule has 0 saturated carbocycles. The Morgan fingerprint density at radius 3 is 2.63 bits per heavy atom. The van der Waals surface area contributed by atoms with E-state index >= 15 is 0 Å². The molecule has 2 aromatic carbocycles. The van der Waals surface area contributed by atoms with Crippen LogP contribution in [0.2, 0.25) is 0 Å². The first kappa shape index (κ1) is 18.6. The second-order valence-electron chi connectivity index (χ2n) is 5.54. The topological polar surface area (TPSA) is 99.0 Å². The maximum atomic E-state index is 12.4. The first-order chi connectivity index (χ1) is 13.1. The molecular weight excluding hydrogens is 366 g/mol. The van der Waals surface area contributed by atoms with Crippen molar-refractivity contribution >= 4 is 29.3 Å². The molecule has 0 aliphatic rings. The Labute approximate surface area is 159 Å². The van der Waals surface area contributed by atoms with E-state index in [4.69, 9.17) is 4.74 Å². The summed E-state index contributed by atoms with van der Waals surface area (Å²) in [5, 5.41) is 13.3. The largest absolute Gasteiger partial charge is 0.451 e. The molecular formula is C18H17N5O3S. The van der Waals surface area contributed by atoms with Crippen LogP contribution in [0.4, 0.5) is 5.69 Å². The maximum Gasteiger partial charge on any atom is 0.328 e. The zero-order valence-corrected chi connectivity index (χ0v) is 15.3. The average molecular weight is 383 g/mol. The van der Waals surface area contributed by atoms with Crippen molar-refractivity contribution in [1.82, 2.24) is 20.2 Å². The number of esters is 1. The number of rotatable bonds is 7. The first-order valence-corrected chi connectivity index (χ1v) is 8.96. The molecule has 0 spiro atoms. The molecule has 1 heterocycles. The van der Waals surface area contributed by atoms with Crippen molar-refractivity contribution in [3.05, 3.63) is 60.9 Å². The summed E-state index contributed by atoms with van der Waals surface area (Å²) in [4.78, 5) is 26.2. The lowest BCUT2D eigenvalue weighted by Gasteiger charge is -2.15. The van der Waals surface area contributed by atoms with Gasteiger partial charge in [0, 0.05) is 9.79 Å². The molecule has 1 atom stereocenters. The van der Waals surface area contributed by atoms with Crippen LogP contribution in [0.3, 0.4) is 0 Å². The number of tetrazole rings is 1. The van der Waals surface area contributed by atoms with Crippen molar-refractivity contribution in [2.24, 2.45) is 0 Å². The van der Waals surface area contributed by atoms with Crippen LogP contribution in [0.25, 0.3) is 0 Å². The molecule has 0 radical (unpaired) electrons. The number of anilines is 1. The Balaban J connectivity index is 1.61. The standard InChI is InChI=1S/C18H17N5O3S/c1-13(26-17(24)11-23-12-19-21-22-23)18(25)20-15-9-5-6-10-16(15)27-14-7-3-2-4-8-14/h2-10,12-13H,11H2,1H3,(H,20,25)/t13-/m0/s1. The van der Waals surface area contributed by atoms with Gasteiger partial charge in [0.25, 0.3) is 5.91 Å². The third-order valence-electron chi connectivity index (χ3n) is 3.48. The van der Waals surface area contributed by atoms with Crippen molar-refractivity contribution in [2.45, 2.75) is 29.4 Å². The molecule has 0 fully saturated rings. The van der Waals surface area contributed by atoms with E-state index in [-0.39, 0.29) is 6.54 Å². The monoisotopic (exact) mass is 383 g/mol. The molecule has 1 N–H and O–H groups in total. The van der Waals surface area contributed by atoms with E-state index in [1.165, 1.54) is 29.7 Å². The third kappa shape index (κ3) is 5.38. The Kier molecular flexibility index (Phi) is 6.16. The van der Waals surface area contributed by atoms with Crippen molar-refractivity contribution < 1.29 is 14.3 Å². The van der Waals surface area contributed by atoms with Crippen molar-refractivity contribution in [1.29, 1.82) is 0 Å². The van der Waals surface area contributed by atoms with Crippen LogP contribution in [-0.2, 0) is 20.9 Å². The number of carbonyl (C=O) groups is 2. The minimum atomic E-state index is -0.955. The van der Waals surface area contributed by atoms with Gasteiger partial charge in [0.2, 0.25) is 0 Å². The van der Waals surface area contributed by atoms with Gasteiger partial charge >= 0.3 is 5.97 Å². The van der Waals surface area contributed by atoms with Gasteiger partial charge in [-0.05, 0) is 41.6 Å². The molecule has 8 nitrogen and oxygen atoms in total. The summed E-state index contributed by atoms with van der Waals surface area (Å²) in [5.41, 5.74) is 0.653. The number of ether oxygens (including phenoxy) is 1. The van der Waals surface area contributed by atoms with Gasteiger partial charge in [-0.3, -0.25) is 9.59 Å². The van der Waals surface area contributed by atoms with Crippen LogP contribution >= 0.6 is 11.8 Å². The van der Waals surface area contributed by atoms with Crippen LogP contribution < -0.4 is 5.32 Å². The molecule has 0 aliphatic carbocycles. The number of nitrogens with one attached hydrogen (secondary N) is 1. The number of carbonyl (C=O) groups excluding carboxylic acids is 2. The minimum Gasteiger partial charge on any atom is -0.451 e. The minimum absolute atomic E-state index is 0.162. The summed E-state index contributed by atoms with van der Waals surface area (Å²) in [6.45, 7) is 1.35. The van der Waals surface area contributed by atoms with E-state index in [2.05, 4.69) is 20.8 Å². The summed E-state index contributed by atoms with van der Waals surface area (Å²) in [7, 11) is 0. The number of amides is 1. The quantitative estimate of drug-likeness (QED) is 0.625. The third-order valence-corrected chi connectivity index (χ3v) is 4.56. The molecule has 1 aromatic heterocycles. The molecule has 0 aliphatic heterocycles. The lowest BCUT2D eigenvalue weighted by atomic mass is 10.3. The molecule has 0 bridgehead atoms. The van der Waals surface area contributed by atoms with Crippen LogP contribution in [0, 0.1) is 0 Å². The SMILES string of the molecule is C[C@H](OC(=O)Cn1cnnn1)C(=O)Nc1ccccc1Sc1ccccc1. The lowest BCUT2D eigenvalue weighted by molar-refractivity contribution is -0.153. The van der Waals surface area contributed by atoms with Crippen LogP contribution in [-0.4, -0.2) is 38.2 Å². The second-order valence-corrected chi connectivity index (χ2v) is 6.66. The number of benzene rings is 2. The zero-order valence-electron chi connectivity index (χ0n) is 14.5. The number of hydrogen-bond acceptors (Lipinski definition) is 7. The highest BCUT2D eigenvalue weighted by Crippen LogP contribution is 2.33. The van der Waals surface area contributed by atoms with Gasteiger partial charge in [0.05, 0.1) is 5.69 Å². The van der Waals surface area contributed by atoms with Crippen LogP contribution in [0.5, 0.6) is 0 Å². The lowest BCUT2D eigenvalue weighted by Crippen LogP contribution is -2.31. The van der Waals surface area contributed by atoms with Crippen LogP contribution in [0.1, 0.15) is 6.92 Å². The van der Waals surface area contributed by atoms with Gasteiger partial charge < -0.3 is 10.1 Å². The van der Waals surface area contributed by atoms with Gasteiger partial charge in [0.15, 0.2) is 6.10 Å². The molecule has 0 saturated heterocycles. The summed E-state index contributed by atoms with van der Waals surface area (Å²) < 4.78 is 6.36. The smallest absolute Gasteiger partial charge is 0.328 e. The molecule has 27 heavy (non-hydrogen) atoms. The summed E-state index contributed by atoms with van der Waals surface area (Å²) in [5.74, 6) is -1.02. The van der Waals surface area contributed by atoms with E-state index in [0.717, 1.165) is 9.79 Å². The van der Waals surface area contributed by atoms with Crippen molar-refractivity contribution in [2.75, 3.05) is 5.32 Å². The fraction of sp³-hybridized carbons (Fsp3) is 0.167. The Hall–Kier alpha value is -3.20. The van der Waals surface area contributed by atoms with Gasteiger partial charge in [-0.1, -0.05) is 42.1 Å². The Morgan fingerprint density at radius 1 is 1.15 bits per heavy atom. The molecule has 138 valence electrons. The molecule has 0 unspecified atom stereocenters. The highest BCUT2D eigenvalue weighted by molar-refractivity contribution is 7.99. The zero-order chi connectivity index (χ0) is 19.1. The molecule has 3 aromatic rings. The van der Waals surface area contributed by atoms with Gasteiger partial charge in [0.1, 0.15) is 12.9 Å². The molecule has 1 amide bonds. The van der Waals surface area contributed by atoms with Gasteiger partial charge in [-0.2, -0.15) is 0 Å². The highest BCUT2D eigenvalue weighted by atomic mass is 32.2. The summed E-state index contributed by atoms with van der Waals surface area (Å²) in [6, 6.07) is 17.3. The fourth-order valence-electron chi connectivity index (χ4n) is 2.18. The highest BCUT2D eigenvalue weighted by Gasteiger charge is 2.19. The van der Waals surface area contributed by atoms with E-state index in [1.807, 2.05) is 48.5 Å². The maximum absolute atomic E-state index is 12.4. The molecule has 9 heteroatoms. The summed E-state index contributed by atoms with van der Waals surface area (Å²) in [6.07, 6.45) is 0.340. The summed E-state index contributed by atoms with van der Waals surface area (Å²) >= 11 is 1.54. The van der Waals surface area contributed by atoms with E-state index in [1.54, 1.807) is 6.07 Å². The second kappa shape index (κ2) is 8.95. The normalized spacial score (nSPS) is 11.6. The van der Waals surface area contributed by atoms with E-state index < -0.39 is 18.0 Å². The van der Waals surface area contributed by atoms with Crippen molar-refractivity contribution in [3.63, 3.8) is 0 Å². The van der Waals surface area contributed by atoms with Gasteiger partial charge in [-0.15, -0.1) is 5.10 Å². The first-order valence-electron chi connectivity index (χ1n) is 8.15.